The van der Waals surface area contributed by atoms with Gasteiger partial charge in [0.1, 0.15) is 17.7 Å². The number of hydrogen-bond acceptors (Lipinski definition) is 2. The molecule has 0 bridgehead atoms. The highest BCUT2D eigenvalue weighted by molar-refractivity contribution is 7.19. The third-order valence-electron chi connectivity index (χ3n) is 3.10. The second-order valence-corrected chi connectivity index (χ2v) is 5.64. The first-order valence-electron chi connectivity index (χ1n) is 5.97. The smallest absolute Gasteiger partial charge is 0.161 e. The molecule has 0 fully saturated rings. The van der Waals surface area contributed by atoms with Gasteiger partial charge in [-0.3, -0.25) is 0 Å². The fraction of sp³-hybridized carbons (Fsp3) is 0.0667. The zero-order valence-corrected chi connectivity index (χ0v) is 11.2. The monoisotopic (exact) mass is 312 g/mol. The summed E-state index contributed by atoms with van der Waals surface area (Å²) in [5.74, 6) is -4.02. The van der Waals surface area contributed by atoms with E-state index in [1.165, 1.54) is 18.2 Å². The van der Waals surface area contributed by atoms with Crippen LogP contribution in [0.5, 0.6) is 0 Å². The molecule has 1 N–H and O–H groups in total. The van der Waals surface area contributed by atoms with Crippen molar-refractivity contribution in [1.29, 1.82) is 0 Å². The molecule has 1 atom stereocenters. The van der Waals surface area contributed by atoms with Gasteiger partial charge in [0.2, 0.25) is 0 Å². The molecule has 21 heavy (non-hydrogen) atoms. The Hall–Kier alpha value is -1.92. The largest absolute Gasteiger partial charge is 0.383 e. The number of hydrogen-bond donors (Lipinski definition) is 1. The predicted molar refractivity (Wildman–Crippen MR) is 72.2 cm³/mol. The maximum Gasteiger partial charge on any atom is 0.161 e. The van der Waals surface area contributed by atoms with Crippen molar-refractivity contribution in [3.63, 3.8) is 0 Å². The Morgan fingerprint density at radius 1 is 0.857 bits per heavy atom. The van der Waals surface area contributed by atoms with Crippen LogP contribution < -0.4 is 0 Å². The Morgan fingerprint density at radius 2 is 1.57 bits per heavy atom. The van der Waals surface area contributed by atoms with Gasteiger partial charge in [0.15, 0.2) is 11.6 Å². The molecule has 2 aromatic carbocycles. The van der Waals surface area contributed by atoms with Gasteiger partial charge < -0.3 is 5.11 Å². The molecule has 1 nitrogen and oxygen atoms in total. The fourth-order valence-corrected chi connectivity index (χ4v) is 3.16. The van der Waals surface area contributed by atoms with E-state index < -0.39 is 29.4 Å². The summed E-state index contributed by atoms with van der Waals surface area (Å²) in [5, 5.41) is 10.8. The Labute approximate surface area is 121 Å². The molecule has 6 heteroatoms. The summed E-state index contributed by atoms with van der Waals surface area (Å²) in [5.41, 5.74) is -0.360. The molecule has 0 spiro atoms. The first kappa shape index (κ1) is 14.0. The van der Waals surface area contributed by atoms with Crippen molar-refractivity contribution >= 4 is 21.4 Å². The van der Waals surface area contributed by atoms with Crippen molar-refractivity contribution in [2.24, 2.45) is 0 Å². The maximum absolute atomic E-state index is 13.7. The molecule has 0 radical (unpaired) electrons. The second kappa shape index (κ2) is 5.13. The molecule has 3 aromatic rings. The lowest BCUT2D eigenvalue weighted by Gasteiger charge is -2.10. The van der Waals surface area contributed by atoms with Gasteiger partial charge in [-0.15, -0.1) is 11.3 Å². The second-order valence-electron chi connectivity index (χ2n) is 4.52. The summed E-state index contributed by atoms with van der Waals surface area (Å²) < 4.78 is 53.5. The van der Waals surface area contributed by atoms with E-state index in [1.54, 1.807) is 6.07 Å². The summed E-state index contributed by atoms with van der Waals surface area (Å²) in [6.45, 7) is 0. The minimum absolute atomic E-state index is 0.320. The van der Waals surface area contributed by atoms with Crippen molar-refractivity contribution in [3.8, 4) is 0 Å². The van der Waals surface area contributed by atoms with Crippen LogP contribution in [-0.2, 0) is 0 Å². The number of aliphatic hydroxyl groups excluding tert-OH is 1. The van der Waals surface area contributed by atoms with Crippen molar-refractivity contribution in [2.75, 3.05) is 0 Å². The Balaban J connectivity index is 2.07. The summed E-state index contributed by atoms with van der Waals surface area (Å²) >= 11 is 1.06. The molecule has 0 saturated heterocycles. The van der Waals surface area contributed by atoms with Gasteiger partial charge in [-0.2, -0.15) is 0 Å². The van der Waals surface area contributed by atoms with Crippen LogP contribution in [0.3, 0.4) is 0 Å². The zero-order chi connectivity index (χ0) is 15.1. The normalized spacial score (nSPS) is 12.8. The molecule has 3 rings (SSSR count). The van der Waals surface area contributed by atoms with E-state index >= 15 is 0 Å². The standard InChI is InChI=1S/C15H8F4OS/c16-8-2-1-7-3-14(21-13(7)4-8)15(20)9-5-11(18)12(19)6-10(9)17/h1-6,15,20H. The summed E-state index contributed by atoms with van der Waals surface area (Å²) in [6, 6.07) is 6.66. The van der Waals surface area contributed by atoms with E-state index in [-0.39, 0.29) is 5.56 Å². The highest BCUT2D eigenvalue weighted by Gasteiger charge is 2.20. The minimum Gasteiger partial charge on any atom is -0.383 e. The van der Waals surface area contributed by atoms with Crippen LogP contribution in [0.25, 0.3) is 10.1 Å². The summed E-state index contributed by atoms with van der Waals surface area (Å²) in [6.07, 6.45) is -1.44. The molecule has 0 amide bonds. The zero-order valence-electron chi connectivity index (χ0n) is 10.4. The summed E-state index contributed by atoms with van der Waals surface area (Å²) in [7, 11) is 0. The predicted octanol–water partition coefficient (Wildman–Crippen LogP) is 4.54. The molecular weight excluding hydrogens is 304 g/mol. The quantitative estimate of drug-likeness (QED) is 0.544. The van der Waals surface area contributed by atoms with Crippen molar-refractivity contribution in [2.45, 2.75) is 6.10 Å². The van der Waals surface area contributed by atoms with E-state index in [2.05, 4.69) is 0 Å². The Bertz CT molecular complexity index is 828. The number of thiophene rings is 1. The maximum atomic E-state index is 13.7. The minimum atomic E-state index is -1.44. The van der Waals surface area contributed by atoms with Crippen LogP contribution >= 0.6 is 11.3 Å². The van der Waals surface area contributed by atoms with Gasteiger partial charge in [0.25, 0.3) is 0 Å². The molecule has 1 unspecified atom stereocenters. The molecule has 0 saturated carbocycles. The van der Waals surface area contributed by atoms with Gasteiger partial charge in [-0.25, -0.2) is 17.6 Å². The Kier molecular flexibility index (Phi) is 3.43. The van der Waals surface area contributed by atoms with E-state index in [0.29, 0.717) is 27.1 Å². The van der Waals surface area contributed by atoms with Crippen LogP contribution in [0.2, 0.25) is 0 Å². The van der Waals surface area contributed by atoms with Crippen molar-refractivity contribution < 1.29 is 22.7 Å². The van der Waals surface area contributed by atoms with Crippen LogP contribution in [0.4, 0.5) is 17.6 Å². The summed E-state index contributed by atoms with van der Waals surface area (Å²) in [4.78, 5) is 0.320. The third kappa shape index (κ3) is 2.52. The topological polar surface area (TPSA) is 20.2 Å². The van der Waals surface area contributed by atoms with E-state index in [1.807, 2.05) is 0 Å². The van der Waals surface area contributed by atoms with Crippen LogP contribution in [-0.4, -0.2) is 5.11 Å². The fourth-order valence-electron chi connectivity index (χ4n) is 2.06. The number of benzene rings is 2. The van der Waals surface area contributed by atoms with E-state index in [4.69, 9.17) is 0 Å². The lowest BCUT2D eigenvalue weighted by molar-refractivity contribution is 0.217. The van der Waals surface area contributed by atoms with Gasteiger partial charge in [-0.05, 0) is 29.7 Å². The van der Waals surface area contributed by atoms with Gasteiger partial charge in [0.05, 0.1) is 0 Å². The average Bonchev–Trinajstić information content (AvgIpc) is 2.85. The average molecular weight is 312 g/mol. The van der Waals surface area contributed by atoms with Crippen molar-refractivity contribution in [3.05, 3.63) is 70.1 Å². The third-order valence-corrected chi connectivity index (χ3v) is 4.26. The Morgan fingerprint density at radius 3 is 2.33 bits per heavy atom. The highest BCUT2D eigenvalue weighted by Crippen LogP contribution is 2.34. The highest BCUT2D eigenvalue weighted by atomic mass is 32.1. The molecule has 0 aliphatic rings. The lowest BCUT2D eigenvalue weighted by Crippen LogP contribution is -2.03. The lowest BCUT2D eigenvalue weighted by atomic mass is 10.1. The first-order chi connectivity index (χ1) is 9.95. The number of aliphatic hydroxyl groups is 1. The molecule has 0 aliphatic heterocycles. The number of halogens is 4. The van der Waals surface area contributed by atoms with Crippen LogP contribution in [0, 0.1) is 23.3 Å². The van der Waals surface area contributed by atoms with Crippen LogP contribution in [0.1, 0.15) is 16.5 Å². The van der Waals surface area contributed by atoms with Crippen LogP contribution in [0.15, 0.2) is 36.4 Å². The first-order valence-corrected chi connectivity index (χ1v) is 6.79. The van der Waals surface area contributed by atoms with Crippen molar-refractivity contribution in [1.82, 2.24) is 0 Å². The molecular formula is C15H8F4OS. The number of fused-ring (bicyclic) bond motifs is 1. The number of rotatable bonds is 2. The molecule has 1 heterocycles. The molecule has 1 aromatic heterocycles. The van der Waals surface area contributed by atoms with E-state index in [0.717, 1.165) is 11.3 Å². The van der Waals surface area contributed by atoms with E-state index in [9.17, 15) is 22.7 Å². The SMILES string of the molecule is OC(c1cc2ccc(F)cc2s1)c1cc(F)c(F)cc1F. The van der Waals surface area contributed by atoms with Gasteiger partial charge >= 0.3 is 0 Å². The van der Waals surface area contributed by atoms with Gasteiger partial charge in [-0.1, -0.05) is 6.07 Å². The molecule has 0 aliphatic carbocycles. The van der Waals surface area contributed by atoms with Gasteiger partial charge in [0, 0.05) is 21.2 Å². The molecule has 108 valence electrons.